The van der Waals surface area contributed by atoms with Gasteiger partial charge >= 0.3 is 5.69 Å². The minimum atomic E-state index is -0.356. The van der Waals surface area contributed by atoms with Crippen molar-refractivity contribution in [1.82, 2.24) is 18.9 Å². The van der Waals surface area contributed by atoms with Crippen LogP contribution in [0, 0.1) is 6.92 Å². The average molecular weight is 409 g/mol. The number of benzene rings is 2. The molecule has 4 aromatic rings. The van der Waals surface area contributed by atoms with E-state index in [-0.39, 0.29) is 17.8 Å². The van der Waals surface area contributed by atoms with Crippen molar-refractivity contribution in [3.05, 3.63) is 97.3 Å². The van der Waals surface area contributed by atoms with Gasteiger partial charge in [-0.3, -0.25) is 18.6 Å². The largest absolute Gasteiger partial charge is 0.332 e. The predicted molar refractivity (Wildman–Crippen MR) is 115 cm³/mol. The molecule has 148 valence electrons. The van der Waals surface area contributed by atoms with Crippen LogP contribution in [0.4, 0.5) is 0 Å². The second-order valence-corrected chi connectivity index (χ2v) is 7.41. The van der Waals surface area contributed by atoms with Crippen LogP contribution < -0.4 is 11.2 Å². The highest BCUT2D eigenvalue weighted by atomic mass is 35.5. The highest BCUT2D eigenvalue weighted by Crippen LogP contribution is 2.17. The Morgan fingerprint density at radius 1 is 0.897 bits per heavy atom. The molecule has 0 N–H and O–H groups in total. The third-order valence-corrected chi connectivity index (χ3v) is 5.22. The number of aryl methyl sites for hydroxylation is 2. The van der Waals surface area contributed by atoms with E-state index in [1.165, 1.54) is 4.57 Å². The van der Waals surface area contributed by atoms with E-state index < -0.39 is 0 Å². The molecule has 0 saturated carbocycles. The molecule has 0 spiro atoms. The first kappa shape index (κ1) is 19.2. The minimum Gasteiger partial charge on any atom is -0.285 e. The summed E-state index contributed by atoms with van der Waals surface area (Å²) in [5, 5.41) is 5.10. The molecule has 2 aromatic heterocycles. The Hall–Kier alpha value is -3.12. The summed E-state index contributed by atoms with van der Waals surface area (Å²) in [5.41, 5.74) is 2.77. The first-order chi connectivity index (χ1) is 14.0. The lowest BCUT2D eigenvalue weighted by Crippen LogP contribution is -2.41. The van der Waals surface area contributed by atoms with Crippen LogP contribution in [0.5, 0.6) is 0 Å². The van der Waals surface area contributed by atoms with Crippen LogP contribution >= 0.6 is 11.6 Å². The zero-order valence-corrected chi connectivity index (χ0v) is 17.1. The van der Waals surface area contributed by atoms with Crippen molar-refractivity contribution in [3.8, 4) is 0 Å². The van der Waals surface area contributed by atoms with Crippen LogP contribution in [0.2, 0.25) is 5.02 Å². The van der Waals surface area contributed by atoms with Crippen LogP contribution in [0.25, 0.3) is 11.0 Å². The van der Waals surface area contributed by atoms with Crippen molar-refractivity contribution in [2.45, 2.75) is 33.5 Å². The lowest BCUT2D eigenvalue weighted by atomic mass is 10.2. The first-order valence-electron chi connectivity index (χ1n) is 9.48. The van der Waals surface area contributed by atoms with Crippen LogP contribution in [-0.4, -0.2) is 18.9 Å². The smallest absolute Gasteiger partial charge is 0.285 e. The molecule has 0 amide bonds. The number of halogens is 1. The molecule has 6 nitrogen and oxygen atoms in total. The number of hydrogen-bond donors (Lipinski definition) is 0. The Morgan fingerprint density at radius 3 is 2.28 bits per heavy atom. The van der Waals surface area contributed by atoms with Crippen molar-refractivity contribution >= 4 is 22.6 Å². The fourth-order valence-electron chi connectivity index (χ4n) is 3.66. The van der Waals surface area contributed by atoms with E-state index in [1.54, 1.807) is 15.3 Å². The Balaban J connectivity index is 1.99. The maximum absolute atomic E-state index is 13.4. The van der Waals surface area contributed by atoms with Crippen molar-refractivity contribution in [3.63, 3.8) is 0 Å². The van der Waals surface area contributed by atoms with E-state index in [1.807, 2.05) is 62.4 Å². The van der Waals surface area contributed by atoms with Crippen LogP contribution in [0.3, 0.4) is 0 Å². The van der Waals surface area contributed by atoms with Gasteiger partial charge in [0.25, 0.3) is 5.56 Å². The summed E-state index contributed by atoms with van der Waals surface area (Å²) >= 11 is 6.13. The number of hydrogen-bond acceptors (Lipinski definition) is 3. The van der Waals surface area contributed by atoms with Gasteiger partial charge in [0.1, 0.15) is 0 Å². The van der Waals surface area contributed by atoms with E-state index in [0.717, 1.165) is 11.1 Å². The average Bonchev–Trinajstić information content (AvgIpc) is 3.06. The fraction of sp³-hybridized carbons (Fsp3) is 0.227. The second-order valence-electron chi connectivity index (χ2n) is 6.97. The van der Waals surface area contributed by atoms with Crippen LogP contribution in [0.1, 0.15) is 23.7 Å². The first-order valence-corrected chi connectivity index (χ1v) is 9.86. The van der Waals surface area contributed by atoms with Gasteiger partial charge in [-0.1, -0.05) is 54.1 Å². The third kappa shape index (κ3) is 3.51. The normalized spacial score (nSPS) is 11.3. The topological polar surface area (TPSA) is 61.8 Å². The van der Waals surface area contributed by atoms with Gasteiger partial charge in [0.05, 0.1) is 24.3 Å². The molecule has 7 heteroatoms. The van der Waals surface area contributed by atoms with E-state index in [4.69, 9.17) is 11.6 Å². The van der Waals surface area contributed by atoms with Gasteiger partial charge in [-0.25, -0.2) is 4.79 Å². The molecular formula is C22H21ClN4O2. The molecule has 0 atom stereocenters. The van der Waals surface area contributed by atoms with Crippen molar-refractivity contribution < 1.29 is 0 Å². The molecule has 0 bridgehead atoms. The molecule has 0 saturated heterocycles. The molecular weight excluding hydrogens is 388 g/mol. The molecule has 0 unspecified atom stereocenters. The Morgan fingerprint density at radius 2 is 1.59 bits per heavy atom. The summed E-state index contributed by atoms with van der Waals surface area (Å²) in [6.07, 6.45) is 0. The van der Waals surface area contributed by atoms with E-state index in [0.29, 0.717) is 34.8 Å². The highest BCUT2D eigenvalue weighted by molar-refractivity contribution is 6.30. The fourth-order valence-corrected chi connectivity index (χ4v) is 3.87. The number of fused-ring (bicyclic) bond motifs is 1. The zero-order valence-electron chi connectivity index (χ0n) is 16.3. The molecule has 4 rings (SSSR count). The van der Waals surface area contributed by atoms with Crippen LogP contribution in [-0.2, 0) is 19.6 Å². The van der Waals surface area contributed by atoms with Gasteiger partial charge in [0.2, 0.25) is 0 Å². The van der Waals surface area contributed by atoms with Gasteiger partial charge in [0, 0.05) is 11.6 Å². The SMILES string of the molecule is CCn1nc(C)c2c1c(=O)n(Cc1ccccc1)c(=O)n2Cc1cccc(Cl)c1. The Bertz CT molecular complexity index is 1300. The lowest BCUT2D eigenvalue weighted by Gasteiger charge is -2.13. The molecule has 0 aliphatic carbocycles. The Labute approximate surface area is 172 Å². The molecule has 2 aromatic carbocycles. The zero-order chi connectivity index (χ0) is 20.5. The van der Waals surface area contributed by atoms with Gasteiger partial charge in [-0.05, 0) is 37.1 Å². The molecule has 29 heavy (non-hydrogen) atoms. The molecule has 0 fully saturated rings. The summed E-state index contributed by atoms with van der Waals surface area (Å²) < 4.78 is 4.58. The highest BCUT2D eigenvalue weighted by Gasteiger charge is 2.20. The van der Waals surface area contributed by atoms with Gasteiger partial charge in [-0.2, -0.15) is 5.10 Å². The summed E-state index contributed by atoms with van der Waals surface area (Å²) in [7, 11) is 0. The van der Waals surface area contributed by atoms with Gasteiger partial charge in [-0.15, -0.1) is 0 Å². The quantitative estimate of drug-likeness (QED) is 0.508. The minimum absolute atomic E-state index is 0.206. The maximum atomic E-state index is 13.4. The summed E-state index contributed by atoms with van der Waals surface area (Å²) in [4.78, 5) is 26.7. The van der Waals surface area contributed by atoms with Crippen LogP contribution in [0.15, 0.2) is 64.2 Å². The van der Waals surface area contributed by atoms with E-state index in [9.17, 15) is 9.59 Å². The standard InChI is InChI=1S/C22H21ClN4O2/c1-3-27-20-19(15(2)24-27)25(14-17-10-7-11-18(23)12-17)22(29)26(21(20)28)13-16-8-5-4-6-9-16/h4-12H,3,13-14H2,1-2H3. The summed E-state index contributed by atoms with van der Waals surface area (Å²) in [5.74, 6) is 0. The number of nitrogens with zero attached hydrogens (tertiary/aromatic N) is 4. The van der Waals surface area contributed by atoms with Crippen molar-refractivity contribution in [2.75, 3.05) is 0 Å². The summed E-state index contributed by atoms with van der Waals surface area (Å²) in [6, 6.07) is 16.9. The van der Waals surface area contributed by atoms with E-state index >= 15 is 0 Å². The van der Waals surface area contributed by atoms with Gasteiger partial charge in [0.15, 0.2) is 5.52 Å². The monoisotopic (exact) mass is 408 g/mol. The van der Waals surface area contributed by atoms with E-state index in [2.05, 4.69) is 5.10 Å². The van der Waals surface area contributed by atoms with Gasteiger partial charge < -0.3 is 0 Å². The van der Waals surface area contributed by atoms with Crippen molar-refractivity contribution in [1.29, 1.82) is 0 Å². The predicted octanol–water partition coefficient (Wildman–Crippen LogP) is 3.44. The lowest BCUT2D eigenvalue weighted by molar-refractivity contribution is 0.623. The molecule has 0 radical (unpaired) electrons. The molecule has 2 heterocycles. The molecule has 0 aliphatic heterocycles. The number of rotatable bonds is 5. The third-order valence-electron chi connectivity index (χ3n) is 4.99. The number of aromatic nitrogens is 4. The molecule has 0 aliphatic rings. The van der Waals surface area contributed by atoms with Crippen molar-refractivity contribution in [2.24, 2.45) is 0 Å². The second kappa shape index (κ2) is 7.72. The maximum Gasteiger partial charge on any atom is 0.332 e. The Kier molecular flexibility index (Phi) is 5.11. The summed E-state index contributed by atoms with van der Waals surface area (Å²) in [6.45, 7) is 4.81.